The maximum atomic E-state index is 14.1. The molecule has 9 heteroatoms. The second kappa shape index (κ2) is 9.34. The van der Waals surface area contributed by atoms with E-state index in [4.69, 9.17) is 28.2 Å². The monoisotopic (exact) mass is 462 g/mol. The first-order chi connectivity index (χ1) is 14.9. The van der Waals surface area contributed by atoms with E-state index in [1.807, 2.05) is 43.3 Å². The SMILES string of the molecule is CN(C)C1=NC(N2CCN(c3ccccc3F)CC2)NC(Nc2ccc(Cl)c(Cl)c2)=C1. The standard InChI is InChI=1S/C22H25Cl2FN6/c1-29(2)21-14-20(26-15-7-8-16(23)17(24)13-15)27-22(28-21)31-11-9-30(10-12-31)19-6-4-3-5-18(19)25/h3-8,13-14,22,26-27H,9-12H2,1-2H3. The lowest BCUT2D eigenvalue weighted by Crippen LogP contribution is -2.56. The number of aliphatic imine (C=N–C) groups is 1. The van der Waals surface area contributed by atoms with Crippen molar-refractivity contribution in [3.63, 3.8) is 0 Å². The summed E-state index contributed by atoms with van der Waals surface area (Å²) in [6.45, 7) is 2.98. The molecule has 2 aliphatic rings. The number of piperazine rings is 1. The average Bonchev–Trinajstić information content (AvgIpc) is 2.76. The molecular formula is C22H25Cl2FN6. The van der Waals surface area contributed by atoms with E-state index >= 15 is 0 Å². The van der Waals surface area contributed by atoms with Crippen LogP contribution in [0.15, 0.2) is 59.4 Å². The second-order valence-electron chi connectivity index (χ2n) is 7.69. The summed E-state index contributed by atoms with van der Waals surface area (Å²) in [6.07, 6.45) is 1.73. The number of amidine groups is 1. The molecular weight excluding hydrogens is 438 g/mol. The van der Waals surface area contributed by atoms with Crippen LogP contribution in [-0.4, -0.2) is 62.2 Å². The predicted molar refractivity (Wildman–Crippen MR) is 126 cm³/mol. The Morgan fingerprint density at radius 3 is 2.48 bits per heavy atom. The highest BCUT2D eigenvalue weighted by Gasteiger charge is 2.27. The van der Waals surface area contributed by atoms with Gasteiger partial charge < -0.3 is 20.4 Å². The lowest BCUT2D eigenvalue weighted by Gasteiger charge is -2.40. The third kappa shape index (κ3) is 5.06. The van der Waals surface area contributed by atoms with Gasteiger partial charge >= 0.3 is 0 Å². The van der Waals surface area contributed by atoms with Crippen LogP contribution in [0.4, 0.5) is 15.8 Å². The molecule has 2 heterocycles. The third-order valence-electron chi connectivity index (χ3n) is 5.32. The van der Waals surface area contributed by atoms with Crippen LogP contribution in [0.3, 0.4) is 0 Å². The van der Waals surface area contributed by atoms with Crippen LogP contribution in [0, 0.1) is 5.82 Å². The maximum Gasteiger partial charge on any atom is 0.179 e. The Balaban J connectivity index is 1.45. The quantitative estimate of drug-likeness (QED) is 0.717. The van der Waals surface area contributed by atoms with Gasteiger partial charge in [0, 0.05) is 52.0 Å². The summed E-state index contributed by atoms with van der Waals surface area (Å²) >= 11 is 12.2. The number of hydrogen-bond donors (Lipinski definition) is 2. The lowest BCUT2D eigenvalue weighted by molar-refractivity contribution is 0.168. The van der Waals surface area contributed by atoms with Crippen LogP contribution >= 0.6 is 23.2 Å². The molecule has 2 aromatic rings. The summed E-state index contributed by atoms with van der Waals surface area (Å²) in [7, 11) is 3.93. The molecule has 0 bridgehead atoms. The van der Waals surface area contributed by atoms with Crippen molar-refractivity contribution < 1.29 is 4.39 Å². The summed E-state index contributed by atoms with van der Waals surface area (Å²) in [4.78, 5) is 11.2. The van der Waals surface area contributed by atoms with Crippen molar-refractivity contribution in [3.8, 4) is 0 Å². The summed E-state index contributed by atoms with van der Waals surface area (Å²) < 4.78 is 14.1. The minimum absolute atomic E-state index is 0.185. The van der Waals surface area contributed by atoms with E-state index in [1.165, 1.54) is 6.07 Å². The van der Waals surface area contributed by atoms with E-state index in [-0.39, 0.29) is 12.1 Å². The Morgan fingerprint density at radius 2 is 1.81 bits per heavy atom. The summed E-state index contributed by atoms with van der Waals surface area (Å²) in [6, 6.07) is 12.3. The lowest BCUT2D eigenvalue weighted by atomic mass is 10.2. The largest absolute Gasteiger partial charge is 0.367 e. The molecule has 2 aliphatic heterocycles. The highest BCUT2D eigenvalue weighted by atomic mass is 35.5. The number of anilines is 2. The molecule has 164 valence electrons. The van der Waals surface area contributed by atoms with Crippen molar-refractivity contribution in [2.75, 3.05) is 50.5 Å². The van der Waals surface area contributed by atoms with Gasteiger partial charge in [-0.15, -0.1) is 0 Å². The van der Waals surface area contributed by atoms with Gasteiger partial charge in [0.25, 0.3) is 0 Å². The zero-order valence-electron chi connectivity index (χ0n) is 17.4. The molecule has 2 aromatic carbocycles. The highest BCUT2D eigenvalue weighted by molar-refractivity contribution is 6.42. The summed E-state index contributed by atoms with van der Waals surface area (Å²) in [5.41, 5.74) is 1.48. The molecule has 0 radical (unpaired) electrons. The topological polar surface area (TPSA) is 46.1 Å². The van der Waals surface area contributed by atoms with Gasteiger partial charge in [0.05, 0.1) is 15.7 Å². The van der Waals surface area contributed by atoms with Gasteiger partial charge in [-0.1, -0.05) is 35.3 Å². The molecule has 31 heavy (non-hydrogen) atoms. The van der Waals surface area contributed by atoms with Gasteiger partial charge in [-0.05, 0) is 30.3 Å². The van der Waals surface area contributed by atoms with Crippen LogP contribution in [-0.2, 0) is 0 Å². The molecule has 6 nitrogen and oxygen atoms in total. The van der Waals surface area contributed by atoms with E-state index in [0.29, 0.717) is 15.7 Å². The minimum atomic E-state index is -0.226. The third-order valence-corrected chi connectivity index (χ3v) is 6.06. The minimum Gasteiger partial charge on any atom is -0.367 e. The number of para-hydroxylation sites is 1. The smallest absolute Gasteiger partial charge is 0.179 e. The Morgan fingerprint density at radius 1 is 1.06 bits per heavy atom. The molecule has 0 saturated carbocycles. The molecule has 0 spiro atoms. The fraction of sp³-hybridized carbons (Fsp3) is 0.318. The second-order valence-corrected chi connectivity index (χ2v) is 8.50. The number of halogens is 3. The Kier molecular flexibility index (Phi) is 6.55. The molecule has 0 amide bonds. The van der Waals surface area contributed by atoms with E-state index in [0.717, 1.165) is 43.5 Å². The van der Waals surface area contributed by atoms with E-state index in [9.17, 15) is 4.39 Å². The van der Waals surface area contributed by atoms with E-state index in [2.05, 4.69) is 20.4 Å². The van der Waals surface area contributed by atoms with Crippen molar-refractivity contribution in [2.45, 2.75) is 6.29 Å². The fourth-order valence-corrected chi connectivity index (χ4v) is 3.94. The van der Waals surface area contributed by atoms with Crippen molar-refractivity contribution in [1.82, 2.24) is 15.1 Å². The first-order valence-corrected chi connectivity index (χ1v) is 10.9. The predicted octanol–water partition coefficient (Wildman–Crippen LogP) is 4.05. The number of rotatable bonds is 4. The molecule has 1 saturated heterocycles. The molecule has 1 atom stereocenters. The zero-order valence-corrected chi connectivity index (χ0v) is 19.0. The van der Waals surface area contributed by atoms with Gasteiger partial charge in [0.1, 0.15) is 17.5 Å². The molecule has 0 aliphatic carbocycles. The Bertz CT molecular complexity index is 1000. The van der Waals surface area contributed by atoms with Crippen molar-refractivity contribution in [2.24, 2.45) is 4.99 Å². The van der Waals surface area contributed by atoms with Gasteiger partial charge in [0.15, 0.2) is 6.29 Å². The van der Waals surface area contributed by atoms with Crippen LogP contribution < -0.4 is 15.5 Å². The van der Waals surface area contributed by atoms with Crippen LogP contribution in [0.2, 0.25) is 10.0 Å². The van der Waals surface area contributed by atoms with Crippen LogP contribution in [0.5, 0.6) is 0 Å². The van der Waals surface area contributed by atoms with Gasteiger partial charge in [-0.25, -0.2) is 9.38 Å². The van der Waals surface area contributed by atoms with Gasteiger partial charge in [-0.2, -0.15) is 0 Å². The Labute approximate surface area is 191 Å². The number of benzene rings is 2. The van der Waals surface area contributed by atoms with Crippen molar-refractivity contribution in [3.05, 3.63) is 70.2 Å². The highest BCUT2D eigenvalue weighted by Crippen LogP contribution is 2.26. The first kappa shape index (κ1) is 21.7. The van der Waals surface area contributed by atoms with Crippen molar-refractivity contribution >= 4 is 40.4 Å². The maximum absolute atomic E-state index is 14.1. The molecule has 1 fully saturated rings. The normalized spacial score (nSPS) is 19.4. The number of nitrogens with one attached hydrogen (secondary N) is 2. The molecule has 2 N–H and O–H groups in total. The molecule has 0 aromatic heterocycles. The van der Waals surface area contributed by atoms with Crippen LogP contribution in [0.25, 0.3) is 0 Å². The van der Waals surface area contributed by atoms with Gasteiger partial charge in [-0.3, -0.25) is 4.90 Å². The number of nitrogens with zero attached hydrogens (tertiary/aromatic N) is 4. The van der Waals surface area contributed by atoms with Crippen molar-refractivity contribution in [1.29, 1.82) is 0 Å². The Hall–Kier alpha value is -2.48. The zero-order chi connectivity index (χ0) is 22.0. The number of likely N-dealkylation sites (N-methyl/N-ethyl adjacent to an activating group) is 1. The summed E-state index contributed by atoms with van der Waals surface area (Å²) in [5.74, 6) is 1.48. The first-order valence-electron chi connectivity index (χ1n) is 10.1. The average molecular weight is 463 g/mol. The molecule has 1 unspecified atom stereocenters. The molecule has 4 rings (SSSR count). The van der Waals surface area contributed by atoms with E-state index < -0.39 is 0 Å². The van der Waals surface area contributed by atoms with E-state index in [1.54, 1.807) is 18.2 Å². The number of hydrogen-bond acceptors (Lipinski definition) is 6. The summed E-state index contributed by atoms with van der Waals surface area (Å²) in [5, 5.41) is 7.81. The fourth-order valence-electron chi connectivity index (χ4n) is 3.64. The van der Waals surface area contributed by atoms with Gasteiger partial charge in [0.2, 0.25) is 0 Å². The van der Waals surface area contributed by atoms with Crippen LogP contribution in [0.1, 0.15) is 0 Å².